The zero-order valence-corrected chi connectivity index (χ0v) is 15.7. The van der Waals surface area contributed by atoms with Crippen LogP contribution in [0.5, 0.6) is 5.75 Å². The van der Waals surface area contributed by atoms with Gasteiger partial charge in [0.25, 0.3) is 11.8 Å². The summed E-state index contributed by atoms with van der Waals surface area (Å²) < 4.78 is 5.75. The summed E-state index contributed by atoms with van der Waals surface area (Å²) in [6.07, 6.45) is 0. The summed E-state index contributed by atoms with van der Waals surface area (Å²) in [5.41, 5.74) is 2.29. The van der Waals surface area contributed by atoms with Crippen molar-refractivity contribution in [2.45, 2.75) is 13.5 Å². The fourth-order valence-electron chi connectivity index (χ4n) is 3.25. The van der Waals surface area contributed by atoms with Crippen LogP contribution in [0, 0.1) is 0 Å². The number of benzene rings is 3. The van der Waals surface area contributed by atoms with Crippen LogP contribution in [0.4, 0.5) is 11.4 Å². The molecule has 1 heterocycles. The van der Waals surface area contributed by atoms with E-state index in [1.807, 2.05) is 30.3 Å². The average molecular weight is 386 g/mol. The number of carbonyl (C=O) groups is 3. The Kier molecular flexibility index (Phi) is 4.83. The van der Waals surface area contributed by atoms with Gasteiger partial charge in [-0.05, 0) is 42.0 Å². The van der Waals surface area contributed by atoms with Crippen molar-refractivity contribution in [3.05, 3.63) is 89.5 Å². The third-order valence-corrected chi connectivity index (χ3v) is 4.57. The molecule has 6 nitrogen and oxygen atoms in total. The van der Waals surface area contributed by atoms with Crippen LogP contribution in [0.1, 0.15) is 33.2 Å². The number of ether oxygens (including phenoxy) is 1. The molecule has 6 heteroatoms. The molecular formula is C23H18N2O4. The van der Waals surface area contributed by atoms with E-state index in [0.717, 1.165) is 10.5 Å². The molecule has 0 radical (unpaired) electrons. The third-order valence-electron chi connectivity index (χ3n) is 4.57. The van der Waals surface area contributed by atoms with E-state index in [4.69, 9.17) is 4.74 Å². The SMILES string of the molecule is CC(=O)Nc1cccc2c1C(=O)N(c1ccc(OCc3ccccc3)cc1)C2=O. The van der Waals surface area contributed by atoms with Gasteiger partial charge in [0, 0.05) is 6.92 Å². The molecule has 0 spiro atoms. The molecule has 1 aliphatic heterocycles. The molecule has 144 valence electrons. The molecule has 0 fully saturated rings. The second-order valence-corrected chi connectivity index (χ2v) is 6.62. The lowest BCUT2D eigenvalue weighted by Crippen LogP contribution is -2.29. The van der Waals surface area contributed by atoms with Gasteiger partial charge in [-0.3, -0.25) is 14.4 Å². The second kappa shape index (κ2) is 7.59. The quantitative estimate of drug-likeness (QED) is 0.672. The number of imide groups is 1. The largest absolute Gasteiger partial charge is 0.489 e. The number of nitrogens with zero attached hydrogens (tertiary/aromatic N) is 1. The predicted molar refractivity (Wildman–Crippen MR) is 109 cm³/mol. The van der Waals surface area contributed by atoms with Gasteiger partial charge in [0.05, 0.1) is 22.5 Å². The molecule has 29 heavy (non-hydrogen) atoms. The number of hydrogen-bond acceptors (Lipinski definition) is 4. The third kappa shape index (κ3) is 3.60. The van der Waals surface area contributed by atoms with Crippen molar-refractivity contribution in [1.82, 2.24) is 0 Å². The summed E-state index contributed by atoms with van der Waals surface area (Å²) in [5.74, 6) is -0.562. The van der Waals surface area contributed by atoms with Crippen LogP contribution in [0.3, 0.4) is 0 Å². The number of rotatable bonds is 5. The Bertz CT molecular complexity index is 1090. The normalized spacial score (nSPS) is 12.7. The zero-order chi connectivity index (χ0) is 20.4. The summed E-state index contributed by atoms with van der Waals surface area (Å²) in [4.78, 5) is 38.3. The second-order valence-electron chi connectivity index (χ2n) is 6.62. The minimum Gasteiger partial charge on any atom is -0.489 e. The summed E-state index contributed by atoms with van der Waals surface area (Å²) >= 11 is 0. The maximum atomic E-state index is 12.9. The van der Waals surface area contributed by atoms with Crippen LogP contribution in [-0.4, -0.2) is 17.7 Å². The Morgan fingerprint density at radius 2 is 1.62 bits per heavy atom. The molecule has 0 bridgehead atoms. The molecule has 3 aromatic rings. The van der Waals surface area contributed by atoms with Gasteiger partial charge >= 0.3 is 0 Å². The Morgan fingerprint density at radius 1 is 0.897 bits per heavy atom. The van der Waals surface area contributed by atoms with Crippen molar-refractivity contribution in [3.63, 3.8) is 0 Å². The van der Waals surface area contributed by atoms with E-state index in [0.29, 0.717) is 23.7 Å². The maximum absolute atomic E-state index is 12.9. The van der Waals surface area contributed by atoms with Crippen LogP contribution in [0.15, 0.2) is 72.8 Å². The standard InChI is InChI=1S/C23H18N2O4/c1-15(26)24-20-9-5-8-19-21(20)23(28)25(22(19)27)17-10-12-18(13-11-17)29-14-16-6-3-2-4-7-16/h2-13H,14H2,1H3,(H,24,26). The number of anilines is 2. The predicted octanol–water partition coefficient (Wildman–Crippen LogP) is 4.02. The number of amides is 3. The first kappa shape index (κ1) is 18.4. The topological polar surface area (TPSA) is 75.7 Å². The molecule has 1 N–H and O–H groups in total. The molecule has 1 aliphatic rings. The minimum atomic E-state index is -0.465. The van der Waals surface area contributed by atoms with E-state index in [2.05, 4.69) is 5.32 Å². The molecule has 0 atom stereocenters. The Balaban J connectivity index is 1.55. The molecule has 0 saturated carbocycles. The van der Waals surface area contributed by atoms with Crippen LogP contribution in [0.2, 0.25) is 0 Å². The molecule has 0 unspecified atom stereocenters. The van der Waals surface area contributed by atoms with Gasteiger partial charge in [-0.1, -0.05) is 36.4 Å². The van der Waals surface area contributed by atoms with Crippen molar-refractivity contribution < 1.29 is 19.1 Å². The van der Waals surface area contributed by atoms with Crippen LogP contribution >= 0.6 is 0 Å². The fourth-order valence-corrected chi connectivity index (χ4v) is 3.25. The van der Waals surface area contributed by atoms with Gasteiger partial charge in [0.1, 0.15) is 12.4 Å². The Labute approximate surface area is 167 Å². The van der Waals surface area contributed by atoms with E-state index < -0.39 is 11.8 Å². The van der Waals surface area contributed by atoms with E-state index in [1.165, 1.54) is 6.92 Å². The summed E-state index contributed by atoms with van der Waals surface area (Å²) in [6.45, 7) is 1.78. The molecule has 4 rings (SSSR count). The lowest BCUT2D eigenvalue weighted by molar-refractivity contribution is -0.114. The number of nitrogens with one attached hydrogen (secondary N) is 1. The highest BCUT2D eigenvalue weighted by Gasteiger charge is 2.38. The van der Waals surface area contributed by atoms with Gasteiger partial charge < -0.3 is 10.1 Å². The van der Waals surface area contributed by atoms with E-state index in [-0.39, 0.29) is 17.0 Å². The first-order valence-corrected chi connectivity index (χ1v) is 9.11. The van der Waals surface area contributed by atoms with Gasteiger partial charge in [0.2, 0.25) is 5.91 Å². The van der Waals surface area contributed by atoms with Crippen LogP contribution < -0.4 is 15.0 Å². The van der Waals surface area contributed by atoms with E-state index >= 15 is 0 Å². The van der Waals surface area contributed by atoms with Gasteiger partial charge in [-0.2, -0.15) is 0 Å². The first-order chi connectivity index (χ1) is 14.0. The Morgan fingerprint density at radius 3 is 2.31 bits per heavy atom. The summed E-state index contributed by atoms with van der Waals surface area (Å²) in [5, 5.41) is 2.61. The monoisotopic (exact) mass is 386 g/mol. The zero-order valence-electron chi connectivity index (χ0n) is 15.7. The van der Waals surface area contributed by atoms with Crippen LogP contribution in [-0.2, 0) is 11.4 Å². The van der Waals surface area contributed by atoms with Gasteiger partial charge in [-0.15, -0.1) is 0 Å². The average Bonchev–Trinajstić information content (AvgIpc) is 2.98. The number of carbonyl (C=O) groups excluding carboxylic acids is 3. The molecule has 0 saturated heterocycles. The smallest absolute Gasteiger partial charge is 0.268 e. The van der Waals surface area contributed by atoms with Crippen molar-refractivity contribution in [2.24, 2.45) is 0 Å². The van der Waals surface area contributed by atoms with E-state index in [1.54, 1.807) is 42.5 Å². The molecule has 0 aromatic heterocycles. The molecule has 3 amide bonds. The highest BCUT2D eigenvalue weighted by atomic mass is 16.5. The summed E-state index contributed by atoms with van der Waals surface area (Å²) in [6, 6.07) is 21.4. The highest BCUT2D eigenvalue weighted by Crippen LogP contribution is 2.33. The van der Waals surface area contributed by atoms with E-state index in [9.17, 15) is 14.4 Å². The minimum absolute atomic E-state index is 0.206. The molecule has 3 aromatic carbocycles. The van der Waals surface area contributed by atoms with Gasteiger partial charge in [-0.25, -0.2) is 4.90 Å². The lowest BCUT2D eigenvalue weighted by Gasteiger charge is -2.15. The fraction of sp³-hybridized carbons (Fsp3) is 0.0870. The summed E-state index contributed by atoms with van der Waals surface area (Å²) in [7, 11) is 0. The van der Waals surface area contributed by atoms with Gasteiger partial charge in [0.15, 0.2) is 0 Å². The number of fused-ring (bicyclic) bond motifs is 1. The van der Waals surface area contributed by atoms with Crippen molar-refractivity contribution in [3.8, 4) is 5.75 Å². The van der Waals surface area contributed by atoms with Crippen molar-refractivity contribution >= 4 is 29.1 Å². The Hall–Kier alpha value is -3.93. The highest BCUT2D eigenvalue weighted by molar-refractivity contribution is 6.36. The maximum Gasteiger partial charge on any atom is 0.268 e. The van der Waals surface area contributed by atoms with Crippen molar-refractivity contribution in [1.29, 1.82) is 0 Å². The molecule has 0 aliphatic carbocycles. The van der Waals surface area contributed by atoms with Crippen LogP contribution in [0.25, 0.3) is 0 Å². The lowest BCUT2D eigenvalue weighted by atomic mass is 10.1. The van der Waals surface area contributed by atoms with Crippen molar-refractivity contribution in [2.75, 3.05) is 10.2 Å². The molecular weight excluding hydrogens is 368 g/mol. The number of hydrogen-bond donors (Lipinski definition) is 1. The first-order valence-electron chi connectivity index (χ1n) is 9.11.